The van der Waals surface area contributed by atoms with Crippen molar-refractivity contribution in [3.05, 3.63) is 216 Å². The minimum Gasteiger partial charge on any atom is -0.456 e. The number of hydrogen-bond acceptors (Lipinski definition) is 6. The van der Waals surface area contributed by atoms with Crippen molar-refractivity contribution >= 4 is 143 Å². The molecular weight excluding hydrogens is 1000 g/mol. The van der Waals surface area contributed by atoms with Gasteiger partial charge in [-0.05, 0) is 160 Å². The molecule has 0 fully saturated rings. The molecule has 15 aromatic rings. The Morgan fingerprint density at radius 2 is 0.622 bits per heavy atom. The highest BCUT2D eigenvalue weighted by Crippen LogP contribution is 2.47. The molecule has 402 valence electrons. The molecular formula is C76H64N2O4. The zero-order valence-corrected chi connectivity index (χ0v) is 48.2. The molecule has 0 aliphatic carbocycles. The molecule has 0 spiro atoms. The van der Waals surface area contributed by atoms with Crippen molar-refractivity contribution in [1.29, 1.82) is 0 Å². The number of rotatable bonds is 8. The molecule has 0 saturated carbocycles. The van der Waals surface area contributed by atoms with Crippen LogP contribution in [0.2, 0.25) is 0 Å². The van der Waals surface area contributed by atoms with Crippen molar-refractivity contribution in [2.24, 2.45) is 0 Å². The van der Waals surface area contributed by atoms with E-state index in [1.807, 2.05) is 0 Å². The zero-order chi connectivity index (χ0) is 56.1. The molecule has 0 atom stereocenters. The van der Waals surface area contributed by atoms with Crippen LogP contribution in [0.15, 0.2) is 212 Å². The molecule has 0 radical (unpaired) electrons. The SMILES string of the molecule is CC(C)c1ccc(N(c2ccc3c(ccc4c5cc6c(cc5oc34)oc3c4ccc(N(c5ccc(C(C)C)cc5)c5ccc7oc8c(C(C)(C)C)cccc8c7c5)cc4ccc63)c2)c2ccc3oc4c(C(C)(C)C)cccc4c3c2)cc1. The number of furan rings is 4. The van der Waals surface area contributed by atoms with E-state index in [-0.39, 0.29) is 10.8 Å². The van der Waals surface area contributed by atoms with Crippen LogP contribution in [0.5, 0.6) is 0 Å². The Balaban J connectivity index is 0.811. The van der Waals surface area contributed by atoms with E-state index in [1.54, 1.807) is 0 Å². The van der Waals surface area contributed by atoms with Crippen LogP contribution in [0.3, 0.4) is 0 Å². The molecule has 11 aromatic carbocycles. The summed E-state index contributed by atoms with van der Waals surface area (Å²) in [5, 5.41) is 13.0. The van der Waals surface area contributed by atoms with E-state index >= 15 is 0 Å². The van der Waals surface area contributed by atoms with Gasteiger partial charge in [0.2, 0.25) is 0 Å². The maximum atomic E-state index is 6.89. The molecule has 0 bridgehead atoms. The van der Waals surface area contributed by atoms with E-state index in [2.05, 4.69) is 273 Å². The first-order chi connectivity index (χ1) is 39.5. The van der Waals surface area contributed by atoms with Gasteiger partial charge in [-0.2, -0.15) is 0 Å². The lowest BCUT2D eigenvalue weighted by Gasteiger charge is -2.26. The van der Waals surface area contributed by atoms with Crippen LogP contribution < -0.4 is 9.80 Å². The van der Waals surface area contributed by atoms with Gasteiger partial charge in [-0.25, -0.2) is 0 Å². The number of nitrogens with zero attached hydrogens (tertiary/aromatic N) is 2. The number of benzene rings is 11. The van der Waals surface area contributed by atoms with E-state index in [4.69, 9.17) is 17.7 Å². The first kappa shape index (κ1) is 49.8. The largest absolute Gasteiger partial charge is 0.456 e. The Labute approximate surface area is 476 Å². The lowest BCUT2D eigenvalue weighted by atomic mass is 9.86. The van der Waals surface area contributed by atoms with E-state index in [1.165, 1.54) is 22.3 Å². The second kappa shape index (κ2) is 18.1. The molecule has 0 amide bonds. The van der Waals surface area contributed by atoms with Crippen molar-refractivity contribution in [3.8, 4) is 0 Å². The fourth-order valence-electron chi connectivity index (χ4n) is 12.8. The predicted molar refractivity (Wildman–Crippen MR) is 346 cm³/mol. The third-order valence-corrected chi connectivity index (χ3v) is 17.2. The summed E-state index contributed by atoms with van der Waals surface area (Å²) in [6.45, 7) is 22.4. The van der Waals surface area contributed by atoms with Gasteiger partial charge in [0, 0.05) is 105 Å². The molecule has 15 rings (SSSR count). The maximum Gasteiger partial charge on any atom is 0.143 e. The minimum atomic E-state index is -0.0581. The summed E-state index contributed by atoms with van der Waals surface area (Å²) in [6.07, 6.45) is 0. The van der Waals surface area contributed by atoms with Crippen LogP contribution in [0.25, 0.3) is 109 Å². The molecule has 0 aliphatic heterocycles. The highest BCUT2D eigenvalue weighted by atomic mass is 16.3. The first-order valence-corrected chi connectivity index (χ1v) is 28.9. The highest BCUT2D eigenvalue weighted by molar-refractivity contribution is 6.22. The molecule has 0 unspecified atom stereocenters. The molecule has 4 aromatic heterocycles. The van der Waals surface area contributed by atoms with Gasteiger partial charge in [0.15, 0.2) is 0 Å². The second-order valence-corrected chi connectivity index (χ2v) is 25.3. The fourth-order valence-corrected chi connectivity index (χ4v) is 12.8. The lowest BCUT2D eigenvalue weighted by molar-refractivity contribution is 0.572. The van der Waals surface area contributed by atoms with Crippen molar-refractivity contribution < 1.29 is 17.7 Å². The third-order valence-electron chi connectivity index (χ3n) is 17.2. The Morgan fingerprint density at radius 3 is 1.02 bits per heavy atom. The van der Waals surface area contributed by atoms with Crippen LogP contribution >= 0.6 is 0 Å². The van der Waals surface area contributed by atoms with Crippen molar-refractivity contribution in [1.82, 2.24) is 0 Å². The molecule has 82 heavy (non-hydrogen) atoms. The predicted octanol–water partition coefficient (Wildman–Crippen LogP) is 23.4. The summed E-state index contributed by atoms with van der Waals surface area (Å²) in [6, 6.07) is 70.9. The molecule has 6 nitrogen and oxygen atoms in total. The molecule has 0 aliphatic rings. The van der Waals surface area contributed by atoms with Crippen LogP contribution in [0.1, 0.15) is 103 Å². The highest BCUT2D eigenvalue weighted by Gasteiger charge is 2.26. The van der Waals surface area contributed by atoms with Gasteiger partial charge in [0.05, 0.1) is 0 Å². The Kier molecular flexibility index (Phi) is 11.0. The summed E-state index contributed by atoms with van der Waals surface area (Å²) < 4.78 is 27.0. The summed E-state index contributed by atoms with van der Waals surface area (Å²) >= 11 is 0. The van der Waals surface area contributed by atoms with Crippen molar-refractivity contribution in [2.75, 3.05) is 9.80 Å². The smallest absolute Gasteiger partial charge is 0.143 e. The Hall–Kier alpha value is -9.26. The van der Waals surface area contributed by atoms with E-state index in [0.29, 0.717) is 11.8 Å². The van der Waals surface area contributed by atoms with Crippen molar-refractivity contribution in [2.45, 2.75) is 91.9 Å². The van der Waals surface area contributed by atoms with E-state index in [9.17, 15) is 0 Å². The van der Waals surface area contributed by atoms with Gasteiger partial charge in [0.1, 0.15) is 44.7 Å². The Bertz CT molecular complexity index is 4750. The number of para-hydroxylation sites is 2. The monoisotopic (exact) mass is 1070 g/mol. The molecule has 0 saturated heterocycles. The van der Waals surface area contributed by atoms with Gasteiger partial charge >= 0.3 is 0 Å². The maximum absolute atomic E-state index is 6.89. The van der Waals surface area contributed by atoms with Gasteiger partial charge in [-0.3, -0.25) is 0 Å². The minimum absolute atomic E-state index is 0.0581. The zero-order valence-electron chi connectivity index (χ0n) is 48.2. The molecule has 0 N–H and O–H groups in total. The van der Waals surface area contributed by atoms with Gasteiger partial charge < -0.3 is 27.5 Å². The van der Waals surface area contributed by atoms with Gasteiger partial charge in [-0.1, -0.05) is 142 Å². The topological polar surface area (TPSA) is 59.0 Å². The Morgan fingerprint density at radius 1 is 0.280 bits per heavy atom. The standard InChI is InChI=1S/C76H64N2O4/c1-43(2)45-17-23-49(24-18-45)77(53-29-35-67-61(39-53)57-13-11-15-65(73(57)79-67)75(5,6)7)51-27-33-55-47(37-51)21-31-59-63-41-64-60-32-22-48-38-52(28-34-56(48)72(60)82-70(64)42-69(63)81-71(55)59)78(50-25-19-46(20-26-50)44(3)4)54-30-36-68-62(40-54)58-14-12-16-66(74(58)80-68)76(8,9)10/h11-44H,1-10H3. The summed E-state index contributed by atoms with van der Waals surface area (Å²) in [4.78, 5) is 4.71. The second-order valence-electron chi connectivity index (χ2n) is 25.3. The average molecular weight is 1070 g/mol. The third kappa shape index (κ3) is 7.90. The van der Waals surface area contributed by atoms with Gasteiger partial charge in [0.25, 0.3) is 0 Å². The number of anilines is 6. The summed E-state index contributed by atoms with van der Waals surface area (Å²) in [5.74, 6) is 0.849. The number of fused-ring (bicyclic) bond motifs is 16. The number of hydrogen-bond donors (Lipinski definition) is 0. The van der Waals surface area contributed by atoms with E-state index < -0.39 is 0 Å². The normalized spacial score (nSPS) is 12.7. The summed E-state index contributed by atoms with van der Waals surface area (Å²) in [7, 11) is 0. The first-order valence-electron chi connectivity index (χ1n) is 28.9. The van der Waals surface area contributed by atoms with Crippen molar-refractivity contribution in [3.63, 3.8) is 0 Å². The van der Waals surface area contributed by atoms with E-state index in [0.717, 1.165) is 143 Å². The lowest BCUT2D eigenvalue weighted by Crippen LogP contribution is -2.11. The van der Waals surface area contributed by atoms with Crippen LogP contribution in [0, 0.1) is 0 Å². The average Bonchev–Trinajstić information content (AvgIpc) is 3.27. The summed E-state index contributed by atoms with van der Waals surface area (Å²) in [5.41, 5.74) is 18.3. The van der Waals surface area contributed by atoms with Gasteiger partial charge in [-0.15, -0.1) is 0 Å². The molecule has 4 heterocycles. The molecule has 6 heteroatoms. The van der Waals surface area contributed by atoms with Crippen LogP contribution in [-0.4, -0.2) is 0 Å². The quantitative estimate of drug-likeness (QED) is 0.151. The fraction of sp³-hybridized carbons (Fsp3) is 0.184. The van der Waals surface area contributed by atoms with Crippen LogP contribution in [0.4, 0.5) is 34.1 Å². The van der Waals surface area contributed by atoms with Crippen LogP contribution in [-0.2, 0) is 10.8 Å².